The van der Waals surface area contributed by atoms with Crippen molar-refractivity contribution >= 4 is 27.1 Å². The van der Waals surface area contributed by atoms with Crippen LogP contribution in [0.5, 0.6) is 0 Å². The molecule has 0 aromatic heterocycles. The number of hydrazine groups is 1. The van der Waals surface area contributed by atoms with Crippen molar-refractivity contribution in [3.8, 4) is 0 Å². The maximum atomic E-state index is 12.1. The predicted molar refractivity (Wildman–Crippen MR) is 131 cm³/mol. The Hall–Kier alpha value is -2.25. The molecule has 3 rings (SSSR count). The van der Waals surface area contributed by atoms with Crippen LogP contribution in [0, 0.1) is 19.8 Å². The van der Waals surface area contributed by atoms with Crippen LogP contribution in [-0.4, -0.2) is 26.3 Å². The van der Waals surface area contributed by atoms with Crippen molar-refractivity contribution in [2.24, 2.45) is 5.92 Å². The van der Waals surface area contributed by atoms with Gasteiger partial charge in [-0.3, -0.25) is 0 Å². The van der Waals surface area contributed by atoms with Gasteiger partial charge < -0.3 is 16.2 Å². The third kappa shape index (κ3) is 6.61. The Kier molecular flexibility index (Phi) is 7.84. The molecule has 1 aliphatic rings. The standard InChI is InChI=1S/C24H36N4O2S/c1-17(2)31(29,30)28-21-11-9-20(10-12-21)16-25-23-14-13-22(15-19(23)4)26-27-24-8-6-5-7-18(24)3/h5-8,13-15,17,20-21,25-28H,9-12,16H2,1-4H3. The largest absolute Gasteiger partial charge is 0.385 e. The Balaban J connectivity index is 1.45. The fourth-order valence-electron chi connectivity index (χ4n) is 3.90. The Bertz CT molecular complexity index is 967. The first-order valence-electron chi connectivity index (χ1n) is 11.2. The van der Waals surface area contributed by atoms with Gasteiger partial charge in [-0.2, -0.15) is 0 Å². The maximum absolute atomic E-state index is 12.1. The normalized spacial score (nSPS) is 19.3. The smallest absolute Gasteiger partial charge is 0.214 e. The summed E-state index contributed by atoms with van der Waals surface area (Å²) in [6.45, 7) is 8.55. The lowest BCUT2D eigenvalue weighted by molar-refractivity contribution is 0.323. The summed E-state index contributed by atoms with van der Waals surface area (Å²) in [6.07, 6.45) is 3.89. The van der Waals surface area contributed by atoms with E-state index in [9.17, 15) is 8.42 Å². The van der Waals surface area contributed by atoms with Gasteiger partial charge in [0.15, 0.2) is 0 Å². The second kappa shape index (κ2) is 10.4. The third-order valence-corrected chi connectivity index (χ3v) is 8.00. The summed E-state index contributed by atoms with van der Waals surface area (Å²) < 4.78 is 27.0. The minimum absolute atomic E-state index is 0.0801. The van der Waals surface area contributed by atoms with Gasteiger partial charge in [-0.05, 0) is 94.7 Å². The van der Waals surface area contributed by atoms with E-state index in [4.69, 9.17) is 0 Å². The summed E-state index contributed by atoms with van der Waals surface area (Å²) >= 11 is 0. The minimum atomic E-state index is -3.18. The van der Waals surface area contributed by atoms with Gasteiger partial charge in [-0.1, -0.05) is 18.2 Å². The molecule has 0 spiro atoms. The molecule has 0 aliphatic heterocycles. The molecule has 0 saturated heterocycles. The first-order valence-corrected chi connectivity index (χ1v) is 12.7. The van der Waals surface area contributed by atoms with Crippen LogP contribution in [-0.2, 0) is 10.0 Å². The van der Waals surface area contributed by atoms with Crippen molar-refractivity contribution in [2.45, 2.75) is 64.7 Å². The van der Waals surface area contributed by atoms with Crippen molar-refractivity contribution in [3.05, 3.63) is 53.6 Å². The lowest BCUT2D eigenvalue weighted by Gasteiger charge is -2.30. The molecule has 0 radical (unpaired) electrons. The summed E-state index contributed by atoms with van der Waals surface area (Å²) in [4.78, 5) is 0. The van der Waals surface area contributed by atoms with Crippen molar-refractivity contribution in [2.75, 3.05) is 22.7 Å². The number of hydrogen-bond acceptors (Lipinski definition) is 5. The SMILES string of the molecule is Cc1cc(NNc2ccccc2C)ccc1NCC1CCC(NS(=O)(=O)C(C)C)CC1. The second-order valence-corrected chi connectivity index (χ2v) is 11.2. The number of aryl methyl sites for hydroxylation is 2. The molecule has 0 atom stereocenters. The molecule has 1 aliphatic carbocycles. The molecule has 7 heteroatoms. The number of sulfonamides is 1. The van der Waals surface area contributed by atoms with E-state index in [-0.39, 0.29) is 11.3 Å². The first kappa shape index (κ1) is 23.4. The van der Waals surface area contributed by atoms with Crippen molar-refractivity contribution < 1.29 is 8.42 Å². The van der Waals surface area contributed by atoms with Crippen LogP contribution < -0.4 is 20.9 Å². The predicted octanol–water partition coefficient (Wildman–Crippen LogP) is 5.04. The van der Waals surface area contributed by atoms with Gasteiger partial charge in [0.05, 0.1) is 16.6 Å². The number of benzene rings is 2. The van der Waals surface area contributed by atoms with E-state index >= 15 is 0 Å². The molecule has 0 heterocycles. The van der Waals surface area contributed by atoms with Crippen LogP contribution in [0.25, 0.3) is 0 Å². The van der Waals surface area contributed by atoms with Crippen molar-refractivity contribution in [3.63, 3.8) is 0 Å². The summed E-state index contributed by atoms with van der Waals surface area (Å²) in [5.41, 5.74) is 12.1. The fourth-order valence-corrected chi connectivity index (χ4v) is 4.87. The molecular formula is C24H36N4O2S. The number of para-hydroxylation sites is 1. The van der Waals surface area contributed by atoms with E-state index in [2.05, 4.69) is 59.0 Å². The maximum Gasteiger partial charge on any atom is 0.214 e. The zero-order chi connectivity index (χ0) is 22.4. The van der Waals surface area contributed by atoms with E-state index in [1.54, 1.807) is 13.8 Å². The first-order chi connectivity index (χ1) is 14.7. The molecule has 0 bridgehead atoms. The highest BCUT2D eigenvalue weighted by atomic mass is 32.2. The van der Waals surface area contributed by atoms with Gasteiger partial charge in [0.2, 0.25) is 10.0 Å². The van der Waals surface area contributed by atoms with Crippen LogP contribution >= 0.6 is 0 Å². The highest BCUT2D eigenvalue weighted by molar-refractivity contribution is 7.90. The Morgan fingerprint density at radius 3 is 2.26 bits per heavy atom. The molecule has 6 nitrogen and oxygen atoms in total. The van der Waals surface area contributed by atoms with Crippen LogP contribution in [0.15, 0.2) is 42.5 Å². The summed E-state index contributed by atoms with van der Waals surface area (Å²) in [5, 5.41) is 3.21. The Morgan fingerprint density at radius 1 is 0.903 bits per heavy atom. The van der Waals surface area contributed by atoms with Gasteiger partial charge in [0, 0.05) is 18.3 Å². The van der Waals surface area contributed by atoms with Crippen LogP contribution in [0.4, 0.5) is 17.1 Å². The second-order valence-electron chi connectivity index (χ2n) is 8.90. The molecule has 1 saturated carbocycles. The Morgan fingerprint density at radius 2 is 1.61 bits per heavy atom. The lowest BCUT2D eigenvalue weighted by Crippen LogP contribution is -2.41. The Labute approximate surface area is 187 Å². The van der Waals surface area contributed by atoms with E-state index in [1.807, 2.05) is 18.2 Å². The van der Waals surface area contributed by atoms with Crippen LogP contribution in [0.1, 0.15) is 50.7 Å². The molecule has 31 heavy (non-hydrogen) atoms. The van der Waals surface area contributed by atoms with Gasteiger partial charge in [-0.25, -0.2) is 13.1 Å². The average molecular weight is 445 g/mol. The molecule has 2 aromatic rings. The highest BCUT2D eigenvalue weighted by Crippen LogP contribution is 2.27. The number of nitrogens with one attached hydrogen (secondary N) is 4. The molecule has 4 N–H and O–H groups in total. The van der Waals surface area contributed by atoms with E-state index in [0.29, 0.717) is 5.92 Å². The zero-order valence-corrected chi connectivity index (χ0v) is 19.9. The fraction of sp³-hybridized carbons (Fsp3) is 0.500. The van der Waals surface area contributed by atoms with Gasteiger partial charge in [0.25, 0.3) is 0 Å². The summed E-state index contributed by atoms with van der Waals surface area (Å²) in [6, 6.07) is 14.6. The van der Waals surface area contributed by atoms with E-state index in [0.717, 1.165) is 49.3 Å². The van der Waals surface area contributed by atoms with E-state index in [1.165, 1.54) is 11.1 Å². The van der Waals surface area contributed by atoms with Crippen molar-refractivity contribution in [1.82, 2.24) is 4.72 Å². The molecule has 0 amide bonds. The van der Waals surface area contributed by atoms with Gasteiger partial charge in [0.1, 0.15) is 0 Å². The molecule has 170 valence electrons. The summed E-state index contributed by atoms with van der Waals surface area (Å²) in [5.74, 6) is 0.569. The van der Waals surface area contributed by atoms with Gasteiger partial charge in [-0.15, -0.1) is 0 Å². The number of hydrogen-bond donors (Lipinski definition) is 4. The lowest BCUT2D eigenvalue weighted by atomic mass is 9.86. The number of anilines is 3. The third-order valence-electron chi connectivity index (χ3n) is 6.09. The zero-order valence-electron chi connectivity index (χ0n) is 19.0. The molecule has 0 unspecified atom stereocenters. The minimum Gasteiger partial charge on any atom is -0.385 e. The molecule has 2 aromatic carbocycles. The molecular weight excluding hydrogens is 408 g/mol. The monoisotopic (exact) mass is 444 g/mol. The van der Waals surface area contributed by atoms with Gasteiger partial charge >= 0.3 is 0 Å². The van der Waals surface area contributed by atoms with Crippen molar-refractivity contribution in [1.29, 1.82) is 0 Å². The molecule has 1 fully saturated rings. The average Bonchev–Trinajstić information content (AvgIpc) is 2.73. The number of rotatable bonds is 9. The highest BCUT2D eigenvalue weighted by Gasteiger charge is 2.26. The van der Waals surface area contributed by atoms with Crippen LogP contribution in [0.3, 0.4) is 0 Å². The topological polar surface area (TPSA) is 82.3 Å². The summed E-state index contributed by atoms with van der Waals surface area (Å²) in [7, 11) is -3.18. The van der Waals surface area contributed by atoms with E-state index < -0.39 is 10.0 Å². The van der Waals surface area contributed by atoms with Crippen LogP contribution in [0.2, 0.25) is 0 Å². The quantitative estimate of drug-likeness (QED) is 0.407.